The Kier molecular flexibility index (Phi) is 71.6. The highest BCUT2D eigenvalue weighted by molar-refractivity contribution is 5.76. The van der Waals surface area contributed by atoms with Gasteiger partial charge in [0, 0.05) is 6.42 Å². The molecule has 0 aliphatic carbocycles. The molecular weight excluding hydrogens is 999 g/mol. The van der Waals surface area contributed by atoms with Crippen LogP contribution in [0.2, 0.25) is 0 Å². The number of hydrogen-bond acceptors (Lipinski definition) is 3. The molecule has 0 aromatic carbocycles. The zero-order chi connectivity index (χ0) is 59.1. The standard InChI is InChI=1S/C78H147NO3/c1-3-5-7-9-11-13-15-17-19-21-23-25-27-29-31-33-34-35-36-37-38-39-40-41-42-43-44-46-48-50-52-54-56-58-60-62-64-66-68-70-72-74-78(82)79-76(75-80)77(81)73-71-69-67-65-63-61-59-57-55-53-51-49-47-45-32-30-28-26-24-22-20-18-16-14-12-10-8-6-4-2/h15,17,21,23,55,57,63,65,71,73,76-77,80-81H,3-14,16,18-20,22,24-54,56,58-62,64,66-70,72,74-75H2,1-2H3,(H,79,82)/b17-15-,23-21-,57-55+,65-63+,73-71+. The molecule has 0 aromatic rings. The van der Waals surface area contributed by atoms with Gasteiger partial charge in [-0.1, -0.05) is 389 Å². The highest BCUT2D eigenvalue weighted by Crippen LogP contribution is 2.19. The fourth-order valence-corrected chi connectivity index (χ4v) is 11.8. The van der Waals surface area contributed by atoms with E-state index in [1.54, 1.807) is 6.08 Å². The molecule has 0 spiro atoms. The van der Waals surface area contributed by atoms with Gasteiger partial charge < -0.3 is 15.5 Å². The average molecular weight is 1150 g/mol. The van der Waals surface area contributed by atoms with Crippen LogP contribution in [0.15, 0.2) is 60.8 Å². The zero-order valence-electron chi connectivity index (χ0n) is 55.8. The van der Waals surface area contributed by atoms with Crippen molar-refractivity contribution in [2.24, 2.45) is 0 Å². The summed E-state index contributed by atoms with van der Waals surface area (Å²) < 4.78 is 0. The molecule has 0 fully saturated rings. The third-order valence-corrected chi connectivity index (χ3v) is 17.5. The van der Waals surface area contributed by atoms with Crippen LogP contribution < -0.4 is 5.32 Å². The van der Waals surface area contributed by atoms with Crippen LogP contribution in [0, 0.1) is 0 Å². The second kappa shape index (κ2) is 73.3. The van der Waals surface area contributed by atoms with Crippen molar-refractivity contribution in [3.8, 4) is 0 Å². The van der Waals surface area contributed by atoms with Crippen LogP contribution in [0.5, 0.6) is 0 Å². The molecule has 2 atom stereocenters. The van der Waals surface area contributed by atoms with Gasteiger partial charge >= 0.3 is 0 Å². The SMILES string of the molecule is CCCCCCC/C=C\C/C=C\CCCCCCCCCCCCCCCCCCCCCCCCCCCCCCCC(=O)NC(CO)C(O)/C=C/CC/C=C/CC/C=C/CCCCCCCCCCCCCCCCCCCCC. The summed E-state index contributed by atoms with van der Waals surface area (Å²) >= 11 is 0. The number of rotatable bonds is 70. The van der Waals surface area contributed by atoms with Crippen molar-refractivity contribution in [2.75, 3.05) is 6.61 Å². The number of aliphatic hydroxyl groups excluding tert-OH is 2. The third-order valence-electron chi connectivity index (χ3n) is 17.5. The van der Waals surface area contributed by atoms with Crippen molar-refractivity contribution >= 4 is 5.91 Å². The lowest BCUT2D eigenvalue weighted by Gasteiger charge is -2.19. The molecule has 0 saturated heterocycles. The molecule has 0 rings (SSSR count). The van der Waals surface area contributed by atoms with Crippen molar-refractivity contribution in [3.63, 3.8) is 0 Å². The van der Waals surface area contributed by atoms with Gasteiger partial charge in [0.2, 0.25) is 5.91 Å². The Morgan fingerprint density at radius 2 is 0.512 bits per heavy atom. The van der Waals surface area contributed by atoms with Crippen molar-refractivity contribution in [3.05, 3.63) is 60.8 Å². The summed E-state index contributed by atoms with van der Waals surface area (Å²) in [6.07, 6.45) is 105. The van der Waals surface area contributed by atoms with Crippen LogP contribution in [0.3, 0.4) is 0 Å². The Balaban J connectivity index is 3.44. The smallest absolute Gasteiger partial charge is 0.220 e. The van der Waals surface area contributed by atoms with Crippen LogP contribution in [-0.4, -0.2) is 34.9 Å². The molecule has 0 aromatic heterocycles. The van der Waals surface area contributed by atoms with Crippen molar-refractivity contribution in [1.82, 2.24) is 5.32 Å². The van der Waals surface area contributed by atoms with Crippen molar-refractivity contribution in [1.29, 1.82) is 0 Å². The van der Waals surface area contributed by atoms with E-state index in [9.17, 15) is 15.0 Å². The lowest BCUT2D eigenvalue weighted by molar-refractivity contribution is -0.123. The predicted octanol–water partition coefficient (Wildman–Crippen LogP) is 25.8. The van der Waals surface area contributed by atoms with Gasteiger partial charge in [-0.25, -0.2) is 0 Å². The summed E-state index contributed by atoms with van der Waals surface area (Å²) in [5.74, 6) is -0.0703. The Morgan fingerprint density at radius 3 is 0.780 bits per heavy atom. The van der Waals surface area contributed by atoms with E-state index in [1.807, 2.05) is 6.08 Å². The molecule has 482 valence electrons. The zero-order valence-corrected chi connectivity index (χ0v) is 55.8. The number of amides is 1. The highest BCUT2D eigenvalue weighted by Gasteiger charge is 2.18. The molecule has 0 heterocycles. The number of unbranched alkanes of at least 4 members (excludes halogenated alkanes) is 55. The number of aliphatic hydroxyl groups is 2. The number of carbonyl (C=O) groups is 1. The van der Waals surface area contributed by atoms with Gasteiger partial charge in [0.05, 0.1) is 18.8 Å². The average Bonchev–Trinajstić information content (AvgIpc) is 3.50. The topological polar surface area (TPSA) is 69.6 Å². The molecule has 82 heavy (non-hydrogen) atoms. The van der Waals surface area contributed by atoms with E-state index in [0.29, 0.717) is 6.42 Å². The molecule has 2 unspecified atom stereocenters. The van der Waals surface area contributed by atoms with E-state index in [4.69, 9.17) is 0 Å². The third kappa shape index (κ3) is 68.9. The van der Waals surface area contributed by atoms with E-state index >= 15 is 0 Å². The van der Waals surface area contributed by atoms with Crippen LogP contribution in [0.1, 0.15) is 412 Å². The van der Waals surface area contributed by atoms with E-state index in [0.717, 1.165) is 44.9 Å². The maximum Gasteiger partial charge on any atom is 0.220 e. The molecule has 4 nitrogen and oxygen atoms in total. The largest absolute Gasteiger partial charge is 0.394 e. The first-order valence-electron chi connectivity index (χ1n) is 37.5. The fraction of sp³-hybridized carbons (Fsp3) is 0.859. The first kappa shape index (κ1) is 80.1. The summed E-state index contributed by atoms with van der Waals surface area (Å²) in [6.45, 7) is 4.33. The molecular formula is C78H147NO3. The monoisotopic (exact) mass is 1150 g/mol. The minimum Gasteiger partial charge on any atom is -0.394 e. The molecule has 0 aliphatic rings. The van der Waals surface area contributed by atoms with E-state index in [2.05, 4.69) is 67.8 Å². The van der Waals surface area contributed by atoms with Gasteiger partial charge in [0.25, 0.3) is 0 Å². The van der Waals surface area contributed by atoms with Gasteiger partial charge in [-0.3, -0.25) is 4.79 Å². The number of carbonyl (C=O) groups excluding carboxylic acids is 1. The number of hydrogen-bond donors (Lipinski definition) is 3. The first-order chi connectivity index (χ1) is 40.7. The summed E-state index contributed by atoms with van der Waals surface area (Å²) in [6, 6.07) is -0.647. The van der Waals surface area contributed by atoms with Crippen LogP contribution >= 0.6 is 0 Å². The quantitative estimate of drug-likeness (QED) is 0.0420. The Bertz CT molecular complexity index is 1350. The molecule has 0 radical (unpaired) electrons. The van der Waals surface area contributed by atoms with Gasteiger partial charge in [0.15, 0.2) is 0 Å². The molecule has 0 aliphatic heterocycles. The van der Waals surface area contributed by atoms with Crippen LogP contribution in [0.4, 0.5) is 0 Å². The minimum absolute atomic E-state index is 0.0703. The lowest BCUT2D eigenvalue weighted by atomic mass is 10.0. The first-order valence-corrected chi connectivity index (χ1v) is 37.5. The summed E-state index contributed by atoms with van der Waals surface area (Å²) in [5.41, 5.74) is 0. The molecule has 0 saturated carbocycles. The second-order valence-electron chi connectivity index (χ2n) is 25.7. The van der Waals surface area contributed by atoms with Gasteiger partial charge in [-0.05, 0) is 77.0 Å². The maximum atomic E-state index is 12.5. The minimum atomic E-state index is -0.872. The summed E-state index contributed by atoms with van der Waals surface area (Å²) in [7, 11) is 0. The number of nitrogens with one attached hydrogen (secondary N) is 1. The Labute approximate surface area is 515 Å². The van der Waals surface area contributed by atoms with Gasteiger partial charge in [-0.15, -0.1) is 0 Å². The summed E-state index contributed by atoms with van der Waals surface area (Å²) in [4.78, 5) is 12.5. The Hall–Kier alpha value is -1.91. The van der Waals surface area contributed by atoms with Gasteiger partial charge in [-0.2, -0.15) is 0 Å². The van der Waals surface area contributed by atoms with E-state index in [1.165, 1.54) is 347 Å². The van der Waals surface area contributed by atoms with E-state index in [-0.39, 0.29) is 12.5 Å². The normalized spacial score (nSPS) is 13.0. The van der Waals surface area contributed by atoms with Crippen molar-refractivity contribution < 1.29 is 15.0 Å². The number of allylic oxidation sites excluding steroid dienone is 9. The van der Waals surface area contributed by atoms with Crippen LogP contribution in [0.25, 0.3) is 0 Å². The summed E-state index contributed by atoms with van der Waals surface area (Å²) in [5, 5.41) is 23.3. The maximum absolute atomic E-state index is 12.5. The predicted molar refractivity (Wildman–Crippen MR) is 368 cm³/mol. The van der Waals surface area contributed by atoms with Crippen molar-refractivity contribution in [2.45, 2.75) is 424 Å². The molecule has 0 bridgehead atoms. The Morgan fingerprint density at radius 1 is 0.293 bits per heavy atom. The van der Waals surface area contributed by atoms with Gasteiger partial charge in [0.1, 0.15) is 0 Å². The van der Waals surface area contributed by atoms with E-state index < -0.39 is 12.1 Å². The molecule has 1 amide bonds. The second-order valence-corrected chi connectivity index (χ2v) is 25.7. The molecule has 4 heteroatoms. The highest BCUT2D eigenvalue weighted by atomic mass is 16.3. The molecule has 3 N–H and O–H groups in total. The fourth-order valence-electron chi connectivity index (χ4n) is 11.8. The van der Waals surface area contributed by atoms with Crippen LogP contribution in [-0.2, 0) is 4.79 Å². The lowest BCUT2D eigenvalue weighted by Crippen LogP contribution is -2.45.